The van der Waals surface area contributed by atoms with E-state index in [1.807, 2.05) is 0 Å². The number of halogens is 1. The maximum Gasteiger partial charge on any atom is 0.259 e. The molecule has 2 aromatic heterocycles. The first-order valence-electron chi connectivity index (χ1n) is 7.54. The van der Waals surface area contributed by atoms with Crippen LogP contribution in [0.3, 0.4) is 0 Å². The van der Waals surface area contributed by atoms with Crippen molar-refractivity contribution in [3.63, 3.8) is 0 Å². The van der Waals surface area contributed by atoms with Gasteiger partial charge in [-0.05, 0) is 54.5 Å². The van der Waals surface area contributed by atoms with E-state index < -0.39 is 5.56 Å². The quantitative estimate of drug-likeness (QED) is 0.571. The Labute approximate surface area is 148 Å². The second-order valence-electron chi connectivity index (χ2n) is 5.48. The molecular weight excluding hydrogens is 340 g/mol. The number of nitrogens with zero attached hydrogens (tertiary/aromatic N) is 1. The van der Waals surface area contributed by atoms with E-state index in [0.717, 1.165) is 10.9 Å². The molecule has 126 valence electrons. The zero-order valence-electron chi connectivity index (χ0n) is 13.7. The number of hydrogen-bond donors (Lipinski definition) is 1. The number of hydrogen-bond acceptors (Lipinski definition) is 4. The molecule has 1 N–H and O–H groups in total. The Morgan fingerprint density at radius 3 is 2.76 bits per heavy atom. The van der Waals surface area contributed by atoms with Crippen molar-refractivity contribution in [3.05, 3.63) is 74.7 Å². The molecule has 0 fully saturated rings. The van der Waals surface area contributed by atoms with E-state index in [-0.39, 0.29) is 11.3 Å². The monoisotopic (exact) mass is 354 g/mol. The highest BCUT2D eigenvalue weighted by Gasteiger charge is 2.14. The number of pyridine rings is 2. The van der Waals surface area contributed by atoms with Crippen molar-refractivity contribution in [1.82, 2.24) is 9.97 Å². The van der Waals surface area contributed by atoms with E-state index in [0.29, 0.717) is 22.0 Å². The molecular formula is C19H15ClN2O3. The summed E-state index contributed by atoms with van der Waals surface area (Å²) in [5.41, 5.74) is 1.66. The van der Waals surface area contributed by atoms with E-state index in [2.05, 4.69) is 9.97 Å². The normalized spacial score (nSPS) is 11.2. The molecule has 3 rings (SSSR count). The molecule has 0 aliphatic rings. The van der Waals surface area contributed by atoms with Crippen LogP contribution >= 0.6 is 11.6 Å². The van der Waals surface area contributed by atoms with Gasteiger partial charge in [0.2, 0.25) is 5.88 Å². The molecule has 0 radical (unpaired) electrons. The lowest BCUT2D eigenvalue weighted by molar-refractivity contribution is 0.104. The predicted octanol–water partition coefficient (Wildman–Crippen LogP) is 3.79. The molecule has 0 amide bonds. The van der Waals surface area contributed by atoms with Gasteiger partial charge < -0.3 is 9.72 Å². The van der Waals surface area contributed by atoms with Gasteiger partial charge in [0.1, 0.15) is 0 Å². The number of benzene rings is 1. The number of methoxy groups -OCH3 is 1. The van der Waals surface area contributed by atoms with Crippen LogP contribution in [0.1, 0.15) is 21.5 Å². The number of H-pyrrole nitrogens is 1. The van der Waals surface area contributed by atoms with Gasteiger partial charge in [-0.15, -0.1) is 0 Å². The van der Waals surface area contributed by atoms with Gasteiger partial charge in [-0.25, -0.2) is 4.98 Å². The molecule has 0 saturated heterocycles. The molecule has 3 aromatic rings. The molecule has 0 saturated carbocycles. The zero-order valence-corrected chi connectivity index (χ0v) is 14.4. The number of ketones is 1. The third kappa shape index (κ3) is 3.46. The highest BCUT2D eigenvalue weighted by molar-refractivity contribution is 6.31. The third-order valence-electron chi connectivity index (χ3n) is 3.88. The van der Waals surface area contributed by atoms with Gasteiger partial charge in [-0.3, -0.25) is 9.59 Å². The van der Waals surface area contributed by atoms with Crippen molar-refractivity contribution in [3.8, 4) is 5.88 Å². The Morgan fingerprint density at radius 2 is 2.08 bits per heavy atom. The van der Waals surface area contributed by atoms with Crippen LogP contribution in [0.2, 0.25) is 5.02 Å². The maximum atomic E-state index is 12.5. The maximum absolute atomic E-state index is 12.5. The summed E-state index contributed by atoms with van der Waals surface area (Å²) < 4.78 is 4.99. The zero-order chi connectivity index (χ0) is 18.0. The van der Waals surface area contributed by atoms with Crippen LogP contribution in [0, 0.1) is 6.92 Å². The van der Waals surface area contributed by atoms with Crippen molar-refractivity contribution < 1.29 is 9.53 Å². The smallest absolute Gasteiger partial charge is 0.259 e. The molecule has 2 heterocycles. The average Bonchev–Trinajstić information content (AvgIpc) is 2.61. The van der Waals surface area contributed by atoms with Crippen LogP contribution in [-0.4, -0.2) is 22.9 Å². The molecule has 6 heteroatoms. The lowest BCUT2D eigenvalue weighted by Crippen LogP contribution is -2.18. The molecule has 0 atom stereocenters. The first kappa shape index (κ1) is 16.9. The summed E-state index contributed by atoms with van der Waals surface area (Å²) in [6, 6.07) is 8.61. The number of fused-ring (bicyclic) bond motifs is 1. The molecule has 0 aliphatic heterocycles. The first-order chi connectivity index (χ1) is 12.0. The summed E-state index contributed by atoms with van der Waals surface area (Å²) in [4.78, 5) is 31.6. The fraction of sp³-hybridized carbons (Fsp3) is 0.105. The van der Waals surface area contributed by atoms with Crippen LogP contribution in [0.5, 0.6) is 5.88 Å². The SMILES string of the molecule is COc1ccc(/C=C/C(=O)c2c(C)c3cc(Cl)ccc3[nH]c2=O)cn1. The van der Waals surface area contributed by atoms with Crippen molar-refractivity contribution in [2.75, 3.05) is 7.11 Å². The number of nitrogens with one attached hydrogen (secondary N) is 1. The summed E-state index contributed by atoms with van der Waals surface area (Å²) in [5, 5.41) is 1.29. The number of carbonyl (C=O) groups is 1. The van der Waals surface area contributed by atoms with Gasteiger partial charge in [0.15, 0.2) is 5.78 Å². The van der Waals surface area contributed by atoms with E-state index >= 15 is 0 Å². The minimum absolute atomic E-state index is 0.104. The van der Waals surface area contributed by atoms with Gasteiger partial charge in [0, 0.05) is 28.2 Å². The van der Waals surface area contributed by atoms with Crippen molar-refractivity contribution >= 4 is 34.4 Å². The fourth-order valence-corrected chi connectivity index (χ4v) is 2.76. The van der Waals surface area contributed by atoms with E-state index in [1.165, 1.54) is 13.2 Å². The van der Waals surface area contributed by atoms with Crippen molar-refractivity contribution in [2.45, 2.75) is 6.92 Å². The molecule has 5 nitrogen and oxygen atoms in total. The lowest BCUT2D eigenvalue weighted by atomic mass is 10.0. The lowest BCUT2D eigenvalue weighted by Gasteiger charge is -2.07. The van der Waals surface area contributed by atoms with Gasteiger partial charge in [-0.1, -0.05) is 11.6 Å². The predicted molar refractivity (Wildman–Crippen MR) is 98.5 cm³/mol. The van der Waals surface area contributed by atoms with Gasteiger partial charge >= 0.3 is 0 Å². The van der Waals surface area contributed by atoms with Crippen LogP contribution in [0.25, 0.3) is 17.0 Å². The highest BCUT2D eigenvalue weighted by Crippen LogP contribution is 2.22. The second-order valence-corrected chi connectivity index (χ2v) is 5.91. The Morgan fingerprint density at radius 1 is 1.28 bits per heavy atom. The number of carbonyl (C=O) groups excluding carboxylic acids is 1. The highest BCUT2D eigenvalue weighted by atomic mass is 35.5. The number of allylic oxidation sites excluding steroid dienone is 1. The summed E-state index contributed by atoms with van der Waals surface area (Å²) in [6.07, 6.45) is 4.55. The van der Waals surface area contributed by atoms with Gasteiger partial charge in [0.05, 0.1) is 12.7 Å². The number of rotatable bonds is 4. The summed E-state index contributed by atoms with van der Waals surface area (Å²) >= 11 is 6.02. The minimum atomic E-state index is -0.421. The van der Waals surface area contributed by atoms with Crippen molar-refractivity contribution in [1.29, 1.82) is 0 Å². The Balaban J connectivity index is 1.98. The summed E-state index contributed by atoms with van der Waals surface area (Å²) in [5.74, 6) is 0.110. The topological polar surface area (TPSA) is 72.1 Å². The Kier molecular flexibility index (Phi) is 4.67. The van der Waals surface area contributed by atoms with E-state index in [4.69, 9.17) is 16.3 Å². The molecule has 25 heavy (non-hydrogen) atoms. The molecule has 0 spiro atoms. The number of aromatic amines is 1. The van der Waals surface area contributed by atoms with Crippen LogP contribution in [0.4, 0.5) is 0 Å². The van der Waals surface area contributed by atoms with Crippen molar-refractivity contribution in [2.24, 2.45) is 0 Å². The summed E-state index contributed by atoms with van der Waals surface area (Å²) in [7, 11) is 1.53. The van der Waals surface area contributed by atoms with Crippen LogP contribution in [-0.2, 0) is 0 Å². The Hall–Kier alpha value is -2.92. The second kappa shape index (κ2) is 6.91. The fourth-order valence-electron chi connectivity index (χ4n) is 2.59. The van der Waals surface area contributed by atoms with Crippen LogP contribution in [0.15, 0.2) is 47.4 Å². The number of aromatic nitrogens is 2. The first-order valence-corrected chi connectivity index (χ1v) is 7.92. The number of ether oxygens (including phenoxy) is 1. The number of aryl methyl sites for hydroxylation is 1. The average molecular weight is 355 g/mol. The van der Waals surface area contributed by atoms with Crippen LogP contribution < -0.4 is 10.3 Å². The largest absolute Gasteiger partial charge is 0.481 e. The Bertz CT molecular complexity index is 1040. The molecule has 1 aromatic carbocycles. The standard InChI is InChI=1S/C19H15ClN2O3/c1-11-14-9-13(20)5-6-15(14)22-19(24)18(11)16(23)7-3-12-4-8-17(25-2)21-10-12/h3-10H,1-2H3,(H,22,24)/b7-3+. The van der Waals surface area contributed by atoms with Gasteiger partial charge in [-0.2, -0.15) is 0 Å². The molecule has 0 bridgehead atoms. The molecule has 0 unspecified atom stereocenters. The molecule has 0 aliphatic carbocycles. The third-order valence-corrected chi connectivity index (χ3v) is 4.11. The summed E-state index contributed by atoms with van der Waals surface area (Å²) in [6.45, 7) is 1.74. The minimum Gasteiger partial charge on any atom is -0.481 e. The van der Waals surface area contributed by atoms with E-state index in [1.54, 1.807) is 49.5 Å². The van der Waals surface area contributed by atoms with E-state index in [9.17, 15) is 9.59 Å². The van der Waals surface area contributed by atoms with Gasteiger partial charge in [0.25, 0.3) is 5.56 Å².